The summed E-state index contributed by atoms with van der Waals surface area (Å²) in [4.78, 5) is 25.7. The first-order chi connectivity index (χ1) is 15.8. The molecule has 4 rings (SSSR count). The van der Waals surface area contributed by atoms with Crippen LogP contribution in [0.2, 0.25) is 0 Å². The van der Waals surface area contributed by atoms with E-state index in [9.17, 15) is 9.59 Å². The lowest BCUT2D eigenvalue weighted by molar-refractivity contribution is -0.121. The van der Waals surface area contributed by atoms with Crippen LogP contribution in [-0.2, 0) is 17.9 Å². The lowest BCUT2D eigenvalue weighted by Gasteiger charge is -2.13. The van der Waals surface area contributed by atoms with Gasteiger partial charge in [-0.3, -0.25) is 14.2 Å². The zero-order valence-electron chi connectivity index (χ0n) is 19.3. The Morgan fingerprint density at radius 1 is 1.06 bits per heavy atom. The molecule has 0 saturated heterocycles. The van der Waals surface area contributed by atoms with Crippen LogP contribution in [0.5, 0.6) is 5.75 Å². The van der Waals surface area contributed by atoms with Crippen LogP contribution in [0.4, 0.5) is 0 Å². The molecule has 0 atom stereocenters. The van der Waals surface area contributed by atoms with Crippen LogP contribution in [0.1, 0.15) is 30.7 Å². The molecule has 2 heterocycles. The van der Waals surface area contributed by atoms with Crippen molar-refractivity contribution in [3.63, 3.8) is 0 Å². The van der Waals surface area contributed by atoms with Crippen molar-refractivity contribution >= 4 is 16.9 Å². The highest BCUT2D eigenvalue weighted by atomic mass is 16.5. The number of carbonyl (C=O) groups is 1. The predicted octanol–water partition coefficient (Wildman–Crippen LogP) is 3.91. The van der Waals surface area contributed by atoms with Gasteiger partial charge < -0.3 is 10.1 Å². The summed E-state index contributed by atoms with van der Waals surface area (Å²) in [6.07, 6.45) is 0.105. The third-order valence-corrected chi connectivity index (χ3v) is 5.38. The second-order valence-corrected chi connectivity index (χ2v) is 8.37. The number of para-hydroxylation sites is 1. The molecule has 0 fully saturated rings. The van der Waals surface area contributed by atoms with E-state index in [0.717, 1.165) is 33.6 Å². The Kier molecular flexibility index (Phi) is 6.31. The fraction of sp³-hybridized carbons (Fsp3) is 0.269. The highest BCUT2D eigenvalue weighted by Crippen LogP contribution is 2.23. The van der Waals surface area contributed by atoms with Crippen LogP contribution in [0.3, 0.4) is 0 Å². The zero-order chi connectivity index (χ0) is 23.5. The highest BCUT2D eigenvalue weighted by Gasteiger charge is 2.18. The van der Waals surface area contributed by atoms with Crippen molar-refractivity contribution in [3.05, 3.63) is 87.8 Å². The molecule has 1 amide bonds. The maximum absolute atomic E-state index is 12.9. The number of rotatable bonds is 7. The van der Waals surface area contributed by atoms with E-state index in [2.05, 4.69) is 10.4 Å². The smallest absolute Gasteiger partial charge is 0.252 e. The molecular formula is C26H28N4O3. The largest absolute Gasteiger partial charge is 0.491 e. The van der Waals surface area contributed by atoms with Gasteiger partial charge in [-0.2, -0.15) is 5.10 Å². The van der Waals surface area contributed by atoms with E-state index in [1.54, 1.807) is 10.7 Å². The molecule has 7 nitrogen and oxygen atoms in total. The molecule has 1 N–H and O–H groups in total. The zero-order valence-corrected chi connectivity index (χ0v) is 19.3. The van der Waals surface area contributed by atoms with Gasteiger partial charge in [-0.15, -0.1) is 0 Å². The Balaban J connectivity index is 1.59. The SMILES string of the molecule is Cc1cc(=O)n(CC(=O)NCc2ccc(OC(C)C)cc2)c2c1c(C)nn2-c1ccccc1. The fourth-order valence-corrected chi connectivity index (χ4v) is 3.93. The topological polar surface area (TPSA) is 78.2 Å². The Labute approximate surface area is 192 Å². The molecule has 0 spiro atoms. The summed E-state index contributed by atoms with van der Waals surface area (Å²) in [7, 11) is 0. The van der Waals surface area contributed by atoms with E-state index in [-0.39, 0.29) is 24.1 Å². The number of nitrogens with one attached hydrogen (secondary N) is 1. The van der Waals surface area contributed by atoms with Crippen molar-refractivity contribution in [2.45, 2.75) is 46.9 Å². The molecule has 0 aliphatic carbocycles. The van der Waals surface area contributed by atoms with E-state index in [4.69, 9.17) is 4.74 Å². The second kappa shape index (κ2) is 9.32. The summed E-state index contributed by atoms with van der Waals surface area (Å²) in [5.41, 5.74) is 3.82. The number of carbonyl (C=O) groups excluding carboxylic acids is 1. The molecule has 2 aromatic heterocycles. The number of ether oxygens (including phenoxy) is 1. The van der Waals surface area contributed by atoms with Gasteiger partial charge in [0.05, 0.1) is 17.5 Å². The number of hydrogen-bond acceptors (Lipinski definition) is 4. The number of amides is 1. The minimum absolute atomic E-state index is 0.0951. The first-order valence-electron chi connectivity index (χ1n) is 11.0. The summed E-state index contributed by atoms with van der Waals surface area (Å²) in [6, 6.07) is 18.8. The van der Waals surface area contributed by atoms with Gasteiger partial charge in [-0.05, 0) is 63.1 Å². The number of aryl methyl sites for hydroxylation is 2. The van der Waals surface area contributed by atoms with Gasteiger partial charge in [0.2, 0.25) is 5.91 Å². The first kappa shape index (κ1) is 22.3. The van der Waals surface area contributed by atoms with Gasteiger partial charge in [0.15, 0.2) is 0 Å². The van der Waals surface area contributed by atoms with Crippen molar-refractivity contribution < 1.29 is 9.53 Å². The van der Waals surface area contributed by atoms with Crippen LogP contribution in [0.25, 0.3) is 16.7 Å². The van der Waals surface area contributed by atoms with Crippen LogP contribution in [-0.4, -0.2) is 26.4 Å². The summed E-state index contributed by atoms with van der Waals surface area (Å²) >= 11 is 0. The molecular weight excluding hydrogens is 416 g/mol. The Morgan fingerprint density at radius 2 is 1.76 bits per heavy atom. The summed E-state index contributed by atoms with van der Waals surface area (Å²) in [5, 5.41) is 8.46. The molecule has 4 aromatic rings. The quantitative estimate of drug-likeness (QED) is 0.469. The average molecular weight is 445 g/mol. The number of pyridine rings is 1. The van der Waals surface area contributed by atoms with Crippen LogP contribution in [0, 0.1) is 13.8 Å². The monoisotopic (exact) mass is 444 g/mol. The van der Waals surface area contributed by atoms with E-state index in [1.807, 2.05) is 82.3 Å². The molecule has 33 heavy (non-hydrogen) atoms. The maximum atomic E-state index is 12.9. The molecule has 0 bridgehead atoms. The van der Waals surface area contributed by atoms with Gasteiger partial charge in [-0.1, -0.05) is 30.3 Å². The third-order valence-electron chi connectivity index (χ3n) is 5.38. The molecule has 2 aromatic carbocycles. The van der Waals surface area contributed by atoms with Gasteiger partial charge in [0.25, 0.3) is 5.56 Å². The van der Waals surface area contributed by atoms with E-state index >= 15 is 0 Å². The van der Waals surface area contributed by atoms with Crippen molar-refractivity contribution in [1.29, 1.82) is 0 Å². The van der Waals surface area contributed by atoms with Crippen LogP contribution < -0.4 is 15.6 Å². The predicted molar refractivity (Wildman–Crippen MR) is 129 cm³/mol. The van der Waals surface area contributed by atoms with Crippen molar-refractivity contribution in [3.8, 4) is 11.4 Å². The molecule has 0 radical (unpaired) electrons. The summed E-state index contributed by atoms with van der Waals surface area (Å²) in [6.45, 7) is 8.03. The second-order valence-electron chi connectivity index (χ2n) is 8.37. The van der Waals surface area contributed by atoms with Crippen molar-refractivity contribution in [2.24, 2.45) is 0 Å². The summed E-state index contributed by atoms with van der Waals surface area (Å²) < 4.78 is 8.88. The normalized spacial score (nSPS) is 11.2. The third kappa shape index (κ3) is 4.82. The van der Waals surface area contributed by atoms with E-state index in [0.29, 0.717) is 12.2 Å². The maximum Gasteiger partial charge on any atom is 0.252 e. The van der Waals surface area contributed by atoms with Gasteiger partial charge in [-0.25, -0.2) is 4.68 Å². The van der Waals surface area contributed by atoms with Gasteiger partial charge in [0, 0.05) is 18.0 Å². The minimum Gasteiger partial charge on any atom is -0.491 e. The Morgan fingerprint density at radius 3 is 2.42 bits per heavy atom. The lowest BCUT2D eigenvalue weighted by atomic mass is 10.1. The first-order valence-corrected chi connectivity index (χ1v) is 11.0. The standard InChI is InChI=1S/C26H28N4O3/c1-17(2)33-22-12-10-20(11-13-22)15-27-23(31)16-29-24(32)14-18(3)25-19(4)28-30(26(25)29)21-8-6-5-7-9-21/h5-14,17H,15-16H2,1-4H3,(H,27,31). The molecule has 0 unspecified atom stereocenters. The molecule has 0 saturated carbocycles. The average Bonchev–Trinajstić information content (AvgIpc) is 3.14. The highest BCUT2D eigenvalue weighted by molar-refractivity contribution is 5.85. The van der Waals surface area contributed by atoms with Gasteiger partial charge >= 0.3 is 0 Å². The van der Waals surface area contributed by atoms with Gasteiger partial charge in [0.1, 0.15) is 17.9 Å². The fourth-order valence-electron chi connectivity index (χ4n) is 3.93. The lowest BCUT2D eigenvalue weighted by Crippen LogP contribution is -2.32. The minimum atomic E-state index is -0.247. The van der Waals surface area contributed by atoms with Crippen molar-refractivity contribution in [1.82, 2.24) is 19.7 Å². The number of nitrogens with zero attached hydrogens (tertiary/aromatic N) is 3. The van der Waals surface area contributed by atoms with Crippen LogP contribution in [0.15, 0.2) is 65.5 Å². The number of hydrogen-bond donors (Lipinski definition) is 1. The number of fused-ring (bicyclic) bond motifs is 1. The molecule has 7 heteroatoms. The van der Waals surface area contributed by atoms with Crippen molar-refractivity contribution in [2.75, 3.05) is 0 Å². The molecule has 0 aliphatic rings. The van der Waals surface area contributed by atoms with E-state index < -0.39 is 0 Å². The Bertz CT molecular complexity index is 1340. The molecule has 0 aliphatic heterocycles. The van der Waals surface area contributed by atoms with E-state index in [1.165, 1.54) is 4.57 Å². The number of aromatic nitrogens is 3. The number of benzene rings is 2. The summed E-state index contributed by atoms with van der Waals surface area (Å²) in [5.74, 6) is 0.543. The van der Waals surface area contributed by atoms with Crippen LogP contribution >= 0.6 is 0 Å². The molecule has 170 valence electrons. The Hall–Kier alpha value is -3.87.